The quantitative estimate of drug-likeness (QED) is 0.741. The Morgan fingerprint density at radius 1 is 0.667 bits per heavy atom. The van der Waals surface area contributed by atoms with Crippen LogP contribution in [0, 0.1) is 0 Å². The first-order valence-electron chi connectivity index (χ1n) is 5.18. The zero-order chi connectivity index (χ0) is 13.1. The number of hydrogen-bond acceptors (Lipinski definition) is 1. The molecule has 2 rings (SSSR count). The minimum atomic E-state index is 0.592. The van der Waals surface area contributed by atoms with Crippen LogP contribution in [-0.2, 0) is 6.54 Å². The van der Waals surface area contributed by atoms with Gasteiger partial charge in [-0.2, -0.15) is 0 Å². The zero-order valence-corrected chi connectivity index (χ0v) is 12.2. The molecule has 0 aliphatic heterocycles. The Kier molecular flexibility index (Phi) is 4.63. The first-order chi connectivity index (χ1) is 8.52. The first kappa shape index (κ1) is 13.8. The molecular formula is C13H9Cl4N. The predicted octanol–water partition coefficient (Wildman–Crippen LogP) is 5.91. The summed E-state index contributed by atoms with van der Waals surface area (Å²) in [4.78, 5) is 0. The smallest absolute Gasteiger partial charge is 0.0441 e. The van der Waals surface area contributed by atoms with Gasteiger partial charge in [0.1, 0.15) is 0 Å². The van der Waals surface area contributed by atoms with E-state index in [2.05, 4.69) is 5.32 Å². The van der Waals surface area contributed by atoms with Crippen LogP contribution in [0.5, 0.6) is 0 Å². The van der Waals surface area contributed by atoms with Crippen LogP contribution >= 0.6 is 46.4 Å². The van der Waals surface area contributed by atoms with Crippen LogP contribution in [0.25, 0.3) is 0 Å². The molecule has 0 unspecified atom stereocenters. The number of anilines is 1. The van der Waals surface area contributed by atoms with Crippen molar-refractivity contribution < 1.29 is 0 Å². The van der Waals surface area contributed by atoms with Crippen molar-refractivity contribution in [1.29, 1.82) is 0 Å². The maximum absolute atomic E-state index is 5.93. The molecule has 0 saturated carbocycles. The molecule has 0 saturated heterocycles. The van der Waals surface area contributed by atoms with Gasteiger partial charge in [0, 0.05) is 32.3 Å². The van der Waals surface area contributed by atoms with Crippen LogP contribution in [0.2, 0.25) is 20.1 Å². The number of nitrogens with one attached hydrogen (secondary N) is 1. The molecule has 0 aromatic heterocycles. The Balaban J connectivity index is 2.11. The fraction of sp³-hybridized carbons (Fsp3) is 0.0769. The van der Waals surface area contributed by atoms with Crippen LogP contribution in [0.3, 0.4) is 0 Å². The summed E-state index contributed by atoms with van der Waals surface area (Å²) in [6.45, 7) is 0.594. The first-order valence-corrected chi connectivity index (χ1v) is 6.69. The van der Waals surface area contributed by atoms with Crippen LogP contribution in [0.4, 0.5) is 5.69 Å². The van der Waals surface area contributed by atoms with Crippen molar-refractivity contribution in [1.82, 2.24) is 0 Å². The molecule has 18 heavy (non-hydrogen) atoms. The van der Waals surface area contributed by atoms with Crippen molar-refractivity contribution in [2.24, 2.45) is 0 Å². The highest BCUT2D eigenvalue weighted by atomic mass is 35.5. The van der Waals surface area contributed by atoms with Crippen molar-refractivity contribution >= 4 is 52.1 Å². The molecule has 5 heteroatoms. The molecule has 94 valence electrons. The molecule has 0 atom stereocenters. The van der Waals surface area contributed by atoms with Crippen molar-refractivity contribution in [3.63, 3.8) is 0 Å². The Hall–Kier alpha value is -0.600. The van der Waals surface area contributed by atoms with E-state index in [4.69, 9.17) is 46.4 Å². The van der Waals surface area contributed by atoms with Crippen molar-refractivity contribution in [3.8, 4) is 0 Å². The van der Waals surface area contributed by atoms with E-state index >= 15 is 0 Å². The lowest BCUT2D eigenvalue weighted by molar-refractivity contribution is 1.15. The van der Waals surface area contributed by atoms with Crippen LogP contribution in [0.15, 0.2) is 36.4 Å². The summed E-state index contributed by atoms with van der Waals surface area (Å²) in [5.74, 6) is 0. The van der Waals surface area contributed by atoms with E-state index in [0.717, 1.165) is 11.3 Å². The van der Waals surface area contributed by atoms with Gasteiger partial charge >= 0.3 is 0 Å². The second-order valence-corrected chi connectivity index (χ2v) is 5.54. The van der Waals surface area contributed by atoms with E-state index < -0.39 is 0 Å². The average Bonchev–Trinajstić information content (AvgIpc) is 2.23. The lowest BCUT2D eigenvalue weighted by atomic mass is 10.2. The number of benzene rings is 2. The van der Waals surface area contributed by atoms with E-state index in [-0.39, 0.29) is 0 Å². The lowest BCUT2D eigenvalue weighted by Gasteiger charge is -2.08. The molecule has 0 aliphatic rings. The normalized spacial score (nSPS) is 10.4. The fourth-order valence-corrected chi connectivity index (χ4v) is 2.67. The second kappa shape index (κ2) is 6.03. The summed E-state index contributed by atoms with van der Waals surface area (Å²) < 4.78 is 0. The molecular weight excluding hydrogens is 312 g/mol. The predicted molar refractivity (Wildman–Crippen MR) is 80.3 cm³/mol. The summed E-state index contributed by atoms with van der Waals surface area (Å²) in [7, 11) is 0. The van der Waals surface area contributed by atoms with Gasteiger partial charge in [0.05, 0.1) is 0 Å². The van der Waals surface area contributed by atoms with E-state index in [1.807, 2.05) is 12.1 Å². The van der Waals surface area contributed by atoms with Gasteiger partial charge in [-0.1, -0.05) is 46.4 Å². The fourth-order valence-electron chi connectivity index (χ4n) is 1.57. The van der Waals surface area contributed by atoms with Gasteiger partial charge in [0.25, 0.3) is 0 Å². The topological polar surface area (TPSA) is 12.0 Å². The zero-order valence-electron chi connectivity index (χ0n) is 9.18. The number of halogens is 4. The molecule has 0 heterocycles. The van der Waals surface area contributed by atoms with Crippen molar-refractivity contribution in [2.45, 2.75) is 6.54 Å². The Labute approximate surface area is 126 Å². The van der Waals surface area contributed by atoms with Gasteiger partial charge in [-0.25, -0.2) is 0 Å². The van der Waals surface area contributed by atoms with Gasteiger partial charge in [0.15, 0.2) is 0 Å². The van der Waals surface area contributed by atoms with Gasteiger partial charge in [-0.3, -0.25) is 0 Å². The Bertz CT molecular complexity index is 477. The minimum absolute atomic E-state index is 0.592. The third-order valence-electron chi connectivity index (χ3n) is 2.28. The molecule has 0 radical (unpaired) electrons. The maximum Gasteiger partial charge on any atom is 0.0441 e. The monoisotopic (exact) mass is 319 g/mol. The molecule has 0 bridgehead atoms. The third-order valence-corrected chi connectivity index (χ3v) is 3.15. The summed E-state index contributed by atoms with van der Waals surface area (Å²) in [5, 5.41) is 5.62. The third kappa shape index (κ3) is 3.96. The molecule has 0 spiro atoms. The summed E-state index contributed by atoms with van der Waals surface area (Å²) >= 11 is 23.7. The van der Waals surface area contributed by atoms with Crippen LogP contribution in [-0.4, -0.2) is 0 Å². The Morgan fingerprint density at radius 3 is 1.61 bits per heavy atom. The SMILES string of the molecule is Clc1cc(Cl)cc(CNc2cc(Cl)cc(Cl)c2)c1. The van der Waals surface area contributed by atoms with Gasteiger partial charge in [-0.05, 0) is 42.0 Å². The summed E-state index contributed by atoms with van der Waals surface area (Å²) in [6.07, 6.45) is 0. The molecule has 2 aromatic rings. The van der Waals surface area contributed by atoms with E-state index in [9.17, 15) is 0 Å². The molecule has 1 nitrogen and oxygen atoms in total. The molecule has 0 fully saturated rings. The van der Waals surface area contributed by atoms with Gasteiger partial charge < -0.3 is 5.32 Å². The lowest BCUT2D eigenvalue weighted by Crippen LogP contribution is -1.99. The van der Waals surface area contributed by atoms with Gasteiger partial charge in [-0.15, -0.1) is 0 Å². The Morgan fingerprint density at radius 2 is 1.11 bits per heavy atom. The molecule has 2 aromatic carbocycles. The number of rotatable bonds is 3. The largest absolute Gasteiger partial charge is 0.381 e. The molecule has 1 N–H and O–H groups in total. The standard InChI is InChI=1S/C13H9Cl4N/c14-9-1-8(2-10(15)3-9)7-18-13-5-11(16)4-12(17)6-13/h1-6,18H,7H2. The minimum Gasteiger partial charge on any atom is -0.381 e. The van der Waals surface area contributed by atoms with Crippen molar-refractivity contribution in [3.05, 3.63) is 62.1 Å². The maximum atomic E-state index is 5.93. The van der Waals surface area contributed by atoms with E-state index in [1.165, 1.54) is 0 Å². The van der Waals surface area contributed by atoms with Gasteiger partial charge in [0.2, 0.25) is 0 Å². The molecule has 0 amide bonds. The van der Waals surface area contributed by atoms with Crippen molar-refractivity contribution in [2.75, 3.05) is 5.32 Å². The average molecular weight is 321 g/mol. The van der Waals surface area contributed by atoms with Crippen LogP contribution < -0.4 is 5.32 Å². The second-order valence-electron chi connectivity index (χ2n) is 3.79. The summed E-state index contributed by atoms with van der Waals surface area (Å²) in [5.41, 5.74) is 1.84. The highest BCUT2D eigenvalue weighted by Crippen LogP contribution is 2.24. The highest BCUT2D eigenvalue weighted by Gasteiger charge is 2.01. The van der Waals surface area contributed by atoms with E-state index in [0.29, 0.717) is 26.6 Å². The molecule has 0 aliphatic carbocycles. The summed E-state index contributed by atoms with van der Waals surface area (Å²) in [6, 6.07) is 10.7. The number of hydrogen-bond donors (Lipinski definition) is 1. The highest BCUT2D eigenvalue weighted by molar-refractivity contribution is 6.35. The van der Waals surface area contributed by atoms with Crippen LogP contribution in [0.1, 0.15) is 5.56 Å². The van der Waals surface area contributed by atoms with E-state index in [1.54, 1.807) is 24.3 Å².